The predicted molar refractivity (Wildman–Crippen MR) is 68.3 cm³/mol. The van der Waals surface area contributed by atoms with Crippen LogP contribution in [0.4, 0.5) is 0 Å². The van der Waals surface area contributed by atoms with Crippen LogP contribution in [0.1, 0.15) is 34.6 Å². The Hall–Kier alpha value is -0.120. The van der Waals surface area contributed by atoms with Crippen molar-refractivity contribution >= 4 is 0 Å². The van der Waals surface area contributed by atoms with Gasteiger partial charge in [-0.1, -0.05) is 34.6 Å². The van der Waals surface area contributed by atoms with Crippen LogP contribution in [-0.4, -0.2) is 60.8 Å². The molecule has 0 atom stereocenters. The first-order valence-corrected chi connectivity index (χ1v) is 6.42. The lowest BCUT2D eigenvalue weighted by atomic mass is 10.3. The van der Waals surface area contributed by atoms with Crippen molar-refractivity contribution in [2.45, 2.75) is 34.6 Å². The first kappa shape index (κ1) is 17.3. The van der Waals surface area contributed by atoms with Crippen molar-refractivity contribution in [3.63, 3.8) is 0 Å². The summed E-state index contributed by atoms with van der Waals surface area (Å²) in [4.78, 5) is 4.75. The first-order valence-electron chi connectivity index (χ1n) is 6.42. The van der Waals surface area contributed by atoms with Crippen LogP contribution in [0.5, 0.6) is 0 Å². The molecule has 1 aliphatic rings. The summed E-state index contributed by atoms with van der Waals surface area (Å²) in [5, 5.41) is 8.69. The third kappa shape index (κ3) is 8.85. The number of likely N-dealkylation sites (N-methyl/N-ethyl adjacent to an activating group) is 1. The summed E-state index contributed by atoms with van der Waals surface area (Å²) in [6.07, 6.45) is 0. The van der Waals surface area contributed by atoms with Crippen LogP contribution in [0.15, 0.2) is 0 Å². The van der Waals surface area contributed by atoms with Crippen molar-refractivity contribution in [1.29, 1.82) is 0 Å². The molecule has 1 aliphatic heterocycles. The fourth-order valence-electron chi connectivity index (χ4n) is 1.47. The molecule has 0 saturated carbocycles. The zero-order valence-corrected chi connectivity index (χ0v) is 11.3. The number of hydrogen-bond donors (Lipinski definition) is 1. The maximum Gasteiger partial charge on any atom is 0.0558 e. The first-order chi connectivity index (χ1) is 7.36. The smallest absolute Gasteiger partial charge is 0.0558 e. The molecule has 94 valence electrons. The van der Waals surface area contributed by atoms with Crippen molar-refractivity contribution < 1.29 is 5.11 Å². The number of piperazine rings is 1. The van der Waals surface area contributed by atoms with Crippen LogP contribution in [0, 0.1) is 0 Å². The minimum absolute atomic E-state index is 0.298. The largest absolute Gasteiger partial charge is 0.395 e. The second kappa shape index (κ2) is 13.9. The molecular weight excluding hydrogens is 188 g/mol. The second-order valence-electron chi connectivity index (χ2n) is 3.00. The van der Waals surface area contributed by atoms with Gasteiger partial charge in [-0.05, 0) is 6.54 Å². The Bertz CT molecular complexity index is 102. The van der Waals surface area contributed by atoms with Crippen LogP contribution < -0.4 is 0 Å². The third-order valence-corrected chi connectivity index (χ3v) is 2.33. The zero-order valence-electron chi connectivity index (χ0n) is 11.3. The lowest BCUT2D eigenvalue weighted by Crippen LogP contribution is -2.46. The number of rotatable bonds is 3. The summed E-state index contributed by atoms with van der Waals surface area (Å²) in [7, 11) is 0. The van der Waals surface area contributed by atoms with E-state index in [9.17, 15) is 0 Å². The van der Waals surface area contributed by atoms with Gasteiger partial charge in [0, 0.05) is 32.7 Å². The van der Waals surface area contributed by atoms with Crippen molar-refractivity contribution in [2.24, 2.45) is 0 Å². The third-order valence-electron chi connectivity index (χ3n) is 2.33. The normalized spacial score (nSPS) is 17.2. The fourth-order valence-corrected chi connectivity index (χ4v) is 1.47. The van der Waals surface area contributed by atoms with Gasteiger partial charge < -0.3 is 10.0 Å². The Balaban J connectivity index is 0. The molecule has 0 aromatic carbocycles. The molecule has 0 aromatic heterocycles. The van der Waals surface area contributed by atoms with E-state index in [0.29, 0.717) is 6.61 Å². The number of hydrogen-bond acceptors (Lipinski definition) is 3. The van der Waals surface area contributed by atoms with Crippen LogP contribution in [-0.2, 0) is 0 Å². The van der Waals surface area contributed by atoms with E-state index in [0.717, 1.165) is 39.3 Å². The number of nitrogens with zero attached hydrogens (tertiary/aromatic N) is 2. The molecule has 1 saturated heterocycles. The Kier molecular flexibility index (Phi) is 16.0. The molecule has 15 heavy (non-hydrogen) atoms. The maximum absolute atomic E-state index is 8.69. The lowest BCUT2D eigenvalue weighted by Gasteiger charge is -2.33. The molecule has 1 fully saturated rings. The summed E-state index contributed by atoms with van der Waals surface area (Å²) >= 11 is 0. The average molecular weight is 218 g/mol. The Labute approximate surface area is 96.1 Å². The van der Waals surface area contributed by atoms with E-state index in [1.165, 1.54) is 0 Å². The van der Waals surface area contributed by atoms with Gasteiger partial charge in [0.2, 0.25) is 0 Å². The summed E-state index contributed by atoms with van der Waals surface area (Å²) in [6.45, 7) is 17.1. The molecule has 0 spiro atoms. The van der Waals surface area contributed by atoms with Crippen molar-refractivity contribution in [3.05, 3.63) is 0 Å². The molecule has 3 heteroatoms. The molecule has 0 aliphatic carbocycles. The van der Waals surface area contributed by atoms with Crippen LogP contribution in [0.25, 0.3) is 0 Å². The standard InChI is InChI=1S/C8H18N2O.2C2H6/c1-2-9-3-5-10(6-4-9)7-8-11;2*1-2/h11H,2-8H2,1H3;2*1-2H3. The van der Waals surface area contributed by atoms with Gasteiger partial charge in [-0.2, -0.15) is 0 Å². The molecular formula is C12H30N2O. The number of aliphatic hydroxyl groups is 1. The summed E-state index contributed by atoms with van der Waals surface area (Å²) in [6, 6.07) is 0. The van der Waals surface area contributed by atoms with Gasteiger partial charge in [0.15, 0.2) is 0 Å². The summed E-state index contributed by atoms with van der Waals surface area (Å²) < 4.78 is 0. The zero-order chi connectivity index (χ0) is 12.1. The highest BCUT2D eigenvalue weighted by atomic mass is 16.3. The molecule has 0 bridgehead atoms. The topological polar surface area (TPSA) is 26.7 Å². The molecule has 0 unspecified atom stereocenters. The Morgan fingerprint density at radius 3 is 1.60 bits per heavy atom. The fraction of sp³-hybridized carbons (Fsp3) is 1.00. The van der Waals surface area contributed by atoms with Gasteiger partial charge >= 0.3 is 0 Å². The molecule has 0 aromatic rings. The van der Waals surface area contributed by atoms with Crippen LogP contribution >= 0.6 is 0 Å². The van der Waals surface area contributed by atoms with E-state index in [4.69, 9.17) is 5.11 Å². The minimum Gasteiger partial charge on any atom is -0.395 e. The van der Waals surface area contributed by atoms with Gasteiger partial charge in [-0.3, -0.25) is 4.90 Å². The van der Waals surface area contributed by atoms with E-state index in [-0.39, 0.29) is 0 Å². The van der Waals surface area contributed by atoms with Gasteiger partial charge in [-0.25, -0.2) is 0 Å². The highest BCUT2D eigenvalue weighted by molar-refractivity contribution is 4.69. The van der Waals surface area contributed by atoms with Gasteiger partial charge in [0.1, 0.15) is 0 Å². The minimum atomic E-state index is 0.298. The van der Waals surface area contributed by atoms with Crippen molar-refractivity contribution in [2.75, 3.05) is 45.9 Å². The van der Waals surface area contributed by atoms with E-state index in [1.807, 2.05) is 27.7 Å². The van der Waals surface area contributed by atoms with Gasteiger partial charge in [-0.15, -0.1) is 0 Å². The summed E-state index contributed by atoms with van der Waals surface area (Å²) in [5.74, 6) is 0. The highest BCUT2D eigenvalue weighted by Gasteiger charge is 2.13. The molecule has 3 nitrogen and oxygen atoms in total. The van der Waals surface area contributed by atoms with Crippen molar-refractivity contribution in [1.82, 2.24) is 9.80 Å². The van der Waals surface area contributed by atoms with Crippen LogP contribution in [0.3, 0.4) is 0 Å². The average Bonchev–Trinajstić information content (AvgIpc) is 2.36. The second-order valence-corrected chi connectivity index (χ2v) is 3.00. The Morgan fingerprint density at radius 2 is 1.27 bits per heavy atom. The Morgan fingerprint density at radius 1 is 0.867 bits per heavy atom. The number of aliphatic hydroxyl groups excluding tert-OH is 1. The number of β-amino-alcohol motifs (C(OH)–C–C–N with tert-alkyl or cyclic N) is 1. The molecule has 1 N–H and O–H groups in total. The molecule has 1 rings (SSSR count). The SMILES string of the molecule is CC.CC.CCN1CCN(CCO)CC1. The summed E-state index contributed by atoms with van der Waals surface area (Å²) in [5.41, 5.74) is 0. The molecule has 0 amide bonds. The molecule has 0 radical (unpaired) electrons. The maximum atomic E-state index is 8.69. The monoisotopic (exact) mass is 218 g/mol. The van der Waals surface area contributed by atoms with Crippen LogP contribution in [0.2, 0.25) is 0 Å². The van der Waals surface area contributed by atoms with Crippen molar-refractivity contribution in [3.8, 4) is 0 Å². The van der Waals surface area contributed by atoms with Gasteiger partial charge in [0.25, 0.3) is 0 Å². The lowest BCUT2D eigenvalue weighted by molar-refractivity contribution is 0.116. The quantitative estimate of drug-likeness (QED) is 0.780. The van der Waals surface area contributed by atoms with E-state index >= 15 is 0 Å². The van der Waals surface area contributed by atoms with Gasteiger partial charge in [0.05, 0.1) is 6.61 Å². The van der Waals surface area contributed by atoms with E-state index in [1.54, 1.807) is 0 Å². The predicted octanol–water partition coefficient (Wildman–Crippen LogP) is 1.67. The highest BCUT2D eigenvalue weighted by Crippen LogP contribution is 1.99. The van der Waals surface area contributed by atoms with E-state index in [2.05, 4.69) is 16.7 Å². The van der Waals surface area contributed by atoms with E-state index < -0.39 is 0 Å². The molecule has 1 heterocycles.